The van der Waals surface area contributed by atoms with Gasteiger partial charge in [-0.2, -0.15) is 0 Å². The molecule has 0 fully saturated rings. The number of nitro groups is 1. The quantitative estimate of drug-likeness (QED) is 0.351. The smallest absolute Gasteiger partial charge is 0.269 e. The van der Waals surface area contributed by atoms with Gasteiger partial charge >= 0.3 is 0 Å². The van der Waals surface area contributed by atoms with Crippen molar-refractivity contribution < 1.29 is 9.72 Å². The molecule has 0 saturated carbocycles. The molecule has 6 N–H and O–H groups in total. The van der Waals surface area contributed by atoms with E-state index in [-0.39, 0.29) is 17.6 Å². The van der Waals surface area contributed by atoms with E-state index in [4.69, 9.17) is 11.5 Å². The van der Waals surface area contributed by atoms with Crippen LogP contribution in [-0.2, 0) is 0 Å². The minimum Gasteiger partial charge on any atom is -0.351 e. The molecule has 0 unspecified atom stereocenters. The largest absolute Gasteiger partial charge is 0.351 e. The van der Waals surface area contributed by atoms with Crippen molar-refractivity contribution in [1.82, 2.24) is 10.3 Å². The average Bonchev–Trinajstić information content (AvgIpc) is 3.14. The number of hydrogen-bond donors (Lipinski definition) is 4. The highest BCUT2D eigenvalue weighted by Crippen LogP contribution is 2.26. The molecule has 0 saturated heterocycles. The number of rotatable bonds is 8. The lowest BCUT2D eigenvalue weighted by atomic mass is 10.0. The zero-order valence-corrected chi connectivity index (χ0v) is 15.4. The summed E-state index contributed by atoms with van der Waals surface area (Å²) in [5.74, 6) is -0.212. The van der Waals surface area contributed by atoms with Gasteiger partial charge in [-0.3, -0.25) is 14.9 Å². The van der Waals surface area contributed by atoms with E-state index in [9.17, 15) is 14.9 Å². The van der Waals surface area contributed by atoms with Crippen molar-refractivity contribution in [1.29, 1.82) is 0 Å². The molecule has 0 aliphatic heterocycles. The molecule has 3 aromatic rings. The van der Waals surface area contributed by atoms with E-state index in [1.807, 2.05) is 18.2 Å². The first-order chi connectivity index (χ1) is 13.5. The van der Waals surface area contributed by atoms with Gasteiger partial charge in [-0.25, -0.2) is 0 Å². The number of aromatic amines is 1. The first-order valence-corrected chi connectivity index (χ1v) is 9.09. The molecule has 1 aromatic heterocycles. The monoisotopic (exact) mass is 381 g/mol. The Morgan fingerprint density at radius 1 is 1.14 bits per heavy atom. The number of aromatic nitrogens is 1. The summed E-state index contributed by atoms with van der Waals surface area (Å²) in [6.07, 6.45) is 1.59. The van der Waals surface area contributed by atoms with Crippen molar-refractivity contribution in [3.05, 3.63) is 64.3 Å². The van der Waals surface area contributed by atoms with Gasteiger partial charge in [0.05, 0.1) is 4.92 Å². The fourth-order valence-electron chi connectivity index (χ4n) is 3.01. The van der Waals surface area contributed by atoms with Gasteiger partial charge in [-0.15, -0.1) is 0 Å². The van der Waals surface area contributed by atoms with Crippen molar-refractivity contribution in [2.45, 2.75) is 18.9 Å². The van der Waals surface area contributed by atoms with E-state index in [1.165, 1.54) is 12.1 Å². The van der Waals surface area contributed by atoms with E-state index in [2.05, 4.69) is 10.3 Å². The normalized spacial score (nSPS) is 12.1. The second-order valence-corrected chi connectivity index (χ2v) is 6.69. The van der Waals surface area contributed by atoms with Crippen molar-refractivity contribution in [2.24, 2.45) is 11.5 Å². The third-order valence-corrected chi connectivity index (χ3v) is 4.58. The van der Waals surface area contributed by atoms with Gasteiger partial charge in [0, 0.05) is 35.6 Å². The van der Waals surface area contributed by atoms with Crippen LogP contribution in [0, 0.1) is 10.1 Å². The third-order valence-electron chi connectivity index (χ3n) is 4.58. The van der Waals surface area contributed by atoms with E-state index >= 15 is 0 Å². The molecule has 0 aliphatic rings. The third kappa shape index (κ3) is 4.54. The topological polar surface area (TPSA) is 140 Å². The van der Waals surface area contributed by atoms with Gasteiger partial charge in [0.25, 0.3) is 11.6 Å². The van der Waals surface area contributed by atoms with Gasteiger partial charge in [0.15, 0.2) is 0 Å². The van der Waals surface area contributed by atoms with Crippen LogP contribution in [0.1, 0.15) is 23.3 Å². The maximum atomic E-state index is 12.4. The number of fused-ring (bicyclic) bond motifs is 1. The molecule has 28 heavy (non-hydrogen) atoms. The molecule has 0 radical (unpaired) electrons. The molecular weight excluding hydrogens is 358 g/mol. The van der Waals surface area contributed by atoms with E-state index in [1.54, 1.807) is 18.2 Å². The summed E-state index contributed by atoms with van der Waals surface area (Å²) in [6, 6.07) is 13.8. The van der Waals surface area contributed by atoms with Crippen LogP contribution in [0.15, 0.2) is 48.5 Å². The summed E-state index contributed by atoms with van der Waals surface area (Å²) in [7, 11) is 0. The first-order valence-electron chi connectivity index (χ1n) is 9.09. The predicted octanol–water partition coefficient (Wildman–Crippen LogP) is 2.54. The molecule has 8 heteroatoms. The standard InChI is InChI=1S/C20H23N5O3/c21-9-1-2-16(22)12-23-20(26)19-11-15-4-3-14(10-18(15)24-19)13-5-7-17(8-6-13)25(27)28/h3-8,10-11,16,24H,1-2,9,12,21-22H2,(H,23,26)/t16-/m0/s1. The fraction of sp³-hybridized carbons (Fsp3) is 0.250. The number of nitrogens with one attached hydrogen (secondary N) is 2. The Kier molecular flexibility index (Phi) is 6.03. The molecule has 1 heterocycles. The molecule has 2 aromatic carbocycles. The zero-order valence-electron chi connectivity index (χ0n) is 15.4. The van der Waals surface area contributed by atoms with Crippen LogP contribution in [0.5, 0.6) is 0 Å². The minimum atomic E-state index is -0.426. The van der Waals surface area contributed by atoms with Gasteiger partial charge < -0.3 is 21.8 Å². The van der Waals surface area contributed by atoms with Crippen LogP contribution in [0.4, 0.5) is 5.69 Å². The van der Waals surface area contributed by atoms with Crippen molar-refractivity contribution >= 4 is 22.5 Å². The number of nitrogens with two attached hydrogens (primary N) is 2. The van der Waals surface area contributed by atoms with Crippen LogP contribution >= 0.6 is 0 Å². The van der Waals surface area contributed by atoms with Gasteiger partial charge in [0.1, 0.15) is 5.69 Å². The molecule has 1 amide bonds. The van der Waals surface area contributed by atoms with Gasteiger partial charge in [0.2, 0.25) is 0 Å². The Morgan fingerprint density at radius 3 is 2.54 bits per heavy atom. The van der Waals surface area contributed by atoms with E-state index < -0.39 is 4.92 Å². The SMILES string of the molecule is NCCC[C@H](N)CNC(=O)c1cc2ccc(-c3ccc([N+](=O)[O-])cc3)cc2[nH]1. The number of amides is 1. The minimum absolute atomic E-state index is 0.0494. The number of hydrogen-bond acceptors (Lipinski definition) is 5. The van der Waals surface area contributed by atoms with Crippen molar-refractivity contribution in [3.8, 4) is 11.1 Å². The summed E-state index contributed by atoms with van der Waals surface area (Å²) in [5, 5.41) is 14.5. The summed E-state index contributed by atoms with van der Waals surface area (Å²) in [4.78, 5) is 25.8. The Labute approximate surface area is 162 Å². The van der Waals surface area contributed by atoms with Crippen LogP contribution in [0.25, 0.3) is 22.0 Å². The van der Waals surface area contributed by atoms with Crippen molar-refractivity contribution in [3.63, 3.8) is 0 Å². The van der Waals surface area contributed by atoms with Crippen LogP contribution in [0.2, 0.25) is 0 Å². The van der Waals surface area contributed by atoms with Crippen LogP contribution in [-0.4, -0.2) is 34.9 Å². The van der Waals surface area contributed by atoms with Gasteiger partial charge in [-0.05, 0) is 54.8 Å². The molecular formula is C20H23N5O3. The maximum Gasteiger partial charge on any atom is 0.269 e. The fourth-order valence-corrected chi connectivity index (χ4v) is 3.01. The highest BCUT2D eigenvalue weighted by atomic mass is 16.6. The average molecular weight is 381 g/mol. The molecule has 0 spiro atoms. The number of nitro benzene ring substituents is 1. The number of carbonyl (C=O) groups excluding carboxylic acids is 1. The summed E-state index contributed by atoms with van der Waals surface area (Å²) < 4.78 is 0. The van der Waals surface area contributed by atoms with E-state index in [0.29, 0.717) is 18.8 Å². The molecule has 0 aliphatic carbocycles. The number of H-pyrrole nitrogens is 1. The number of carbonyl (C=O) groups is 1. The molecule has 3 rings (SSSR count). The van der Waals surface area contributed by atoms with Crippen LogP contribution < -0.4 is 16.8 Å². The Balaban J connectivity index is 1.73. The number of benzene rings is 2. The lowest BCUT2D eigenvalue weighted by Crippen LogP contribution is -2.37. The zero-order chi connectivity index (χ0) is 20.1. The van der Waals surface area contributed by atoms with Crippen LogP contribution in [0.3, 0.4) is 0 Å². The van der Waals surface area contributed by atoms with Crippen molar-refractivity contribution in [2.75, 3.05) is 13.1 Å². The summed E-state index contributed by atoms with van der Waals surface area (Å²) in [5.41, 5.74) is 14.5. The van der Waals surface area contributed by atoms with Gasteiger partial charge in [-0.1, -0.05) is 12.1 Å². The molecule has 146 valence electrons. The van der Waals surface area contributed by atoms with E-state index in [0.717, 1.165) is 34.9 Å². The lowest BCUT2D eigenvalue weighted by molar-refractivity contribution is -0.384. The Hall–Kier alpha value is -3.23. The Bertz CT molecular complexity index is 981. The lowest BCUT2D eigenvalue weighted by Gasteiger charge is -2.11. The number of non-ortho nitro benzene ring substituents is 1. The summed E-state index contributed by atoms with van der Waals surface area (Å²) >= 11 is 0. The second kappa shape index (κ2) is 8.64. The highest BCUT2D eigenvalue weighted by Gasteiger charge is 2.12. The molecule has 8 nitrogen and oxygen atoms in total. The molecule has 0 bridgehead atoms. The second-order valence-electron chi connectivity index (χ2n) is 6.69. The molecule has 1 atom stereocenters. The Morgan fingerprint density at radius 2 is 1.86 bits per heavy atom. The maximum absolute atomic E-state index is 12.4. The predicted molar refractivity (Wildman–Crippen MR) is 109 cm³/mol. The number of nitrogens with zero attached hydrogens (tertiary/aromatic N) is 1. The first kappa shape index (κ1) is 19.5. The summed E-state index contributed by atoms with van der Waals surface area (Å²) in [6.45, 7) is 0.975. The highest BCUT2D eigenvalue weighted by molar-refractivity contribution is 5.98.